The fourth-order valence-corrected chi connectivity index (χ4v) is 1.81. The lowest BCUT2D eigenvalue weighted by Gasteiger charge is -2.10. The molecule has 0 atom stereocenters. The molecule has 0 unspecified atom stereocenters. The van der Waals surface area contributed by atoms with E-state index in [4.69, 9.17) is 9.15 Å². The highest BCUT2D eigenvalue weighted by atomic mass is 16.5. The predicted molar refractivity (Wildman–Crippen MR) is 77.8 cm³/mol. The van der Waals surface area contributed by atoms with Gasteiger partial charge in [-0.2, -0.15) is 0 Å². The molecule has 0 saturated carbocycles. The molecule has 21 heavy (non-hydrogen) atoms. The van der Waals surface area contributed by atoms with Gasteiger partial charge >= 0.3 is 0 Å². The first-order chi connectivity index (χ1) is 10.2. The van der Waals surface area contributed by atoms with Crippen LogP contribution < -0.4 is 10.6 Å². The zero-order valence-electron chi connectivity index (χ0n) is 12.0. The first-order valence-electron chi connectivity index (χ1n) is 6.57. The molecular formula is C14H18N4O3. The monoisotopic (exact) mass is 290 g/mol. The van der Waals surface area contributed by atoms with Gasteiger partial charge in [0, 0.05) is 24.9 Å². The normalized spacial score (nSPS) is 10.6. The number of nitrogens with one attached hydrogen (secondary N) is 2. The molecule has 0 aliphatic rings. The van der Waals surface area contributed by atoms with Crippen molar-refractivity contribution in [3.05, 3.63) is 30.2 Å². The molecule has 0 aliphatic heterocycles. The van der Waals surface area contributed by atoms with Crippen molar-refractivity contribution in [3.63, 3.8) is 0 Å². The van der Waals surface area contributed by atoms with Gasteiger partial charge in [0.25, 0.3) is 0 Å². The maximum Gasteiger partial charge on any atom is 0.247 e. The Bertz CT molecular complexity index is 584. The zero-order chi connectivity index (χ0) is 15.1. The minimum Gasteiger partial charge on any atom is -0.423 e. The van der Waals surface area contributed by atoms with Crippen molar-refractivity contribution in [3.8, 4) is 11.5 Å². The quantitative estimate of drug-likeness (QED) is 0.745. The summed E-state index contributed by atoms with van der Waals surface area (Å²) in [7, 11) is 1.62. The summed E-state index contributed by atoms with van der Waals surface area (Å²) in [6.45, 7) is 3.37. The molecule has 1 aromatic carbocycles. The van der Waals surface area contributed by atoms with Crippen molar-refractivity contribution in [2.24, 2.45) is 0 Å². The Hall–Kier alpha value is -2.25. The maximum atomic E-state index is 11.8. The molecule has 1 heterocycles. The number of carbonyl (C=O) groups excluding carboxylic acids is 1. The number of ether oxygens (including phenoxy) is 1. The molecule has 0 fully saturated rings. The first kappa shape index (κ1) is 15.1. The van der Waals surface area contributed by atoms with Gasteiger partial charge in [-0.25, -0.2) is 0 Å². The average Bonchev–Trinajstić information content (AvgIpc) is 3.00. The van der Waals surface area contributed by atoms with Crippen LogP contribution in [0.15, 0.2) is 29.0 Å². The van der Waals surface area contributed by atoms with E-state index in [1.807, 2.05) is 25.1 Å². The first-order valence-corrected chi connectivity index (χ1v) is 6.57. The fourth-order valence-electron chi connectivity index (χ4n) is 1.81. The summed E-state index contributed by atoms with van der Waals surface area (Å²) in [4.78, 5) is 11.8. The number of hydrogen-bond acceptors (Lipinski definition) is 6. The van der Waals surface area contributed by atoms with Crippen LogP contribution in [-0.4, -0.2) is 42.9 Å². The molecule has 2 rings (SSSR count). The van der Waals surface area contributed by atoms with E-state index in [1.165, 1.54) is 6.39 Å². The van der Waals surface area contributed by atoms with Crippen LogP contribution >= 0.6 is 0 Å². The van der Waals surface area contributed by atoms with E-state index < -0.39 is 0 Å². The van der Waals surface area contributed by atoms with E-state index in [9.17, 15) is 4.79 Å². The second-order valence-electron chi connectivity index (χ2n) is 4.49. The van der Waals surface area contributed by atoms with Crippen LogP contribution in [0.3, 0.4) is 0 Å². The van der Waals surface area contributed by atoms with Gasteiger partial charge in [0.1, 0.15) is 0 Å². The molecular weight excluding hydrogens is 272 g/mol. The van der Waals surface area contributed by atoms with Gasteiger partial charge in [0.15, 0.2) is 0 Å². The number of anilines is 1. The van der Waals surface area contributed by atoms with Crippen molar-refractivity contribution >= 4 is 11.6 Å². The van der Waals surface area contributed by atoms with Gasteiger partial charge in [-0.3, -0.25) is 4.79 Å². The minimum atomic E-state index is -0.0975. The smallest absolute Gasteiger partial charge is 0.247 e. The van der Waals surface area contributed by atoms with Crippen molar-refractivity contribution in [1.82, 2.24) is 15.5 Å². The molecule has 112 valence electrons. The van der Waals surface area contributed by atoms with Gasteiger partial charge in [-0.1, -0.05) is 0 Å². The van der Waals surface area contributed by atoms with Gasteiger partial charge in [0.2, 0.25) is 18.2 Å². The van der Waals surface area contributed by atoms with Crippen molar-refractivity contribution in [1.29, 1.82) is 0 Å². The number of carbonyl (C=O) groups is 1. The molecule has 0 saturated heterocycles. The molecule has 2 aromatic rings. The van der Waals surface area contributed by atoms with Gasteiger partial charge < -0.3 is 19.8 Å². The Morgan fingerprint density at radius 1 is 1.43 bits per heavy atom. The lowest BCUT2D eigenvalue weighted by atomic mass is 10.1. The van der Waals surface area contributed by atoms with Crippen LogP contribution in [0.5, 0.6) is 0 Å². The lowest BCUT2D eigenvalue weighted by Crippen LogP contribution is -2.30. The highest BCUT2D eigenvalue weighted by molar-refractivity contribution is 5.93. The topological polar surface area (TPSA) is 89.3 Å². The third kappa shape index (κ3) is 4.37. The summed E-state index contributed by atoms with van der Waals surface area (Å²) in [5.41, 5.74) is 2.51. The summed E-state index contributed by atoms with van der Waals surface area (Å²) in [5.74, 6) is 0.358. The largest absolute Gasteiger partial charge is 0.423 e. The molecule has 0 spiro atoms. The van der Waals surface area contributed by atoms with Gasteiger partial charge in [-0.15, -0.1) is 10.2 Å². The zero-order valence-corrected chi connectivity index (χ0v) is 12.0. The van der Waals surface area contributed by atoms with E-state index in [0.29, 0.717) is 19.0 Å². The third-order valence-electron chi connectivity index (χ3n) is 2.88. The Morgan fingerprint density at radius 3 is 2.95 bits per heavy atom. The van der Waals surface area contributed by atoms with Crippen LogP contribution in [0.2, 0.25) is 0 Å². The third-order valence-corrected chi connectivity index (χ3v) is 2.88. The van der Waals surface area contributed by atoms with Crippen molar-refractivity contribution in [2.45, 2.75) is 6.92 Å². The molecule has 0 aliphatic carbocycles. The Kier molecular flexibility index (Phi) is 5.42. The lowest BCUT2D eigenvalue weighted by molar-refractivity contribution is -0.115. The Balaban J connectivity index is 1.93. The van der Waals surface area contributed by atoms with E-state index >= 15 is 0 Å². The summed E-state index contributed by atoms with van der Waals surface area (Å²) in [5, 5.41) is 13.3. The van der Waals surface area contributed by atoms with Gasteiger partial charge in [0.05, 0.1) is 13.2 Å². The number of aromatic nitrogens is 2. The van der Waals surface area contributed by atoms with Crippen LogP contribution in [-0.2, 0) is 9.53 Å². The second-order valence-corrected chi connectivity index (χ2v) is 4.49. The maximum absolute atomic E-state index is 11.8. The van der Waals surface area contributed by atoms with E-state index in [2.05, 4.69) is 20.8 Å². The number of hydrogen-bond donors (Lipinski definition) is 2. The van der Waals surface area contributed by atoms with Crippen LogP contribution in [0.25, 0.3) is 11.5 Å². The number of methoxy groups -OCH3 is 1. The number of nitrogens with zero attached hydrogens (tertiary/aromatic N) is 2. The number of benzene rings is 1. The summed E-state index contributed by atoms with van der Waals surface area (Å²) in [6.07, 6.45) is 1.28. The number of rotatable bonds is 7. The minimum absolute atomic E-state index is 0.0975. The summed E-state index contributed by atoms with van der Waals surface area (Å²) >= 11 is 0. The number of amides is 1. The molecule has 0 radical (unpaired) electrons. The van der Waals surface area contributed by atoms with Gasteiger partial charge in [-0.05, 0) is 30.7 Å². The SMILES string of the molecule is COCCNCC(=O)Nc1ccc(-c2nnco2)cc1C. The van der Waals surface area contributed by atoms with Crippen molar-refractivity contribution < 1.29 is 13.9 Å². The highest BCUT2D eigenvalue weighted by Gasteiger charge is 2.08. The average molecular weight is 290 g/mol. The molecule has 7 heteroatoms. The number of aryl methyl sites for hydroxylation is 1. The van der Waals surface area contributed by atoms with Crippen LogP contribution in [0, 0.1) is 6.92 Å². The van der Waals surface area contributed by atoms with Crippen molar-refractivity contribution in [2.75, 3.05) is 32.1 Å². The standard InChI is InChI=1S/C14H18N4O3/c1-10-7-11(14-18-16-9-21-14)3-4-12(10)17-13(19)8-15-5-6-20-2/h3-4,7,9,15H,5-6,8H2,1-2H3,(H,17,19). The summed E-state index contributed by atoms with van der Waals surface area (Å²) < 4.78 is 10.0. The molecule has 1 amide bonds. The summed E-state index contributed by atoms with van der Waals surface area (Å²) in [6, 6.07) is 5.54. The second kappa shape index (κ2) is 7.51. The molecule has 2 N–H and O–H groups in total. The molecule has 0 bridgehead atoms. The van der Waals surface area contributed by atoms with Crippen LogP contribution in [0.1, 0.15) is 5.56 Å². The van der Waals surface area contributed by atoms with E-state index in [-0.39, 0.29) is 12.5 Å². The van der Waals surface area contributed by atoms with E-state index in [1.54, 1.807) is 7.11 Å². The Labute approximate surface area is 122 Å². The van der Waals surface area contributed by atoms with Crippen LogP contribution in [0.4, 0.5) is 5.69 Å². The fraction of sp³-hybridized carbons (Fsp3) is 0.357. The molecule has 7 nitrogen and oxygen atoms in total. The Morgan fingerprint density at radius 2 is 2.29 bits per heavy atom. The van der Waals surface area contributed by atoms with E-state index in [0.717, 1.165) is 16.8 Å². The predicted octanol–water partition coefficient (Wildman–Crippen LogP) is 1.22. The molecule has 1 aromatic heterocycles. The highest BCUT2D eigenvalue weighted by Crippen LogP contribution is 2.23.